The molecule has 0 aromatic carbocycles. The number of rotatable bonds is 9. The van der Waals surface area contributed by atoms with E-state index in [1.54, 1.807) is 18.5 Å². The smallest absolute Gasteiger partial charge is 0.0591 e. The van der Waals surface area contributed by atoms with Crippen LogP contribution in [-0.2, 0) is 4.57 Å². The molecular weight excluding hydrogens is 337 g/mol. The Morgan fingerprint density at radius 3 is 1.23 bits per heavy atom. The largest absolute Gasteiger partial charge is 0.790 e. The maximum atomic E-state index is 8.66. The van der Waals surface area contributed by atoms with E-state index in [1.807, 2.05) is 0 Å². The fourth-order valence-corrected chi connectivity index (χ4v) is 5.86. The third-order valence-electron chi connectivity index (χ3n) is 3.15. The monoisotopic (exact) mass is 376 g/mol. The molecule has 138 valence electrons. The number of hydrogen-bond acceptors (Lipinski definition) is 3. The van der Waals surface area contributed by atoms with Gasteiger partial charge in [-0.25, -0.2) is 0 Å². The lowest BCUT2D eigenvalue weighted by molar-refractivity contribution is -0.337. The molecule has 0 fully saturated rings. The molecule has 0 unspecified atom stereocenters. The van der Waals surface area contributed by atoms with Gasteiger partial charge in [0, 0.05) is 27.3 Å². The molecule has 0 heterocycles. The van der Waals surface area contributed by atoms with Crippen LogP contribution in [0.5, 0.6) is 0 Å². The van der Waals surface area contributed by atoms with Crippen molar-refractivity contribution in [3.8, 4) is 0 Å². The molecule has 0 aromatic heterocycles. The lowest BCUT2D eigenvalue weighted by atomic mass is 10.4. The van der Waals surface area contributed by atoms with E-state index in [0.717, 1.165) is 8.58 Å². The van der Waals surface area contributed by atoms with Crippen LogP contribution in [0.15, 0.2) is 0 Å². The van der Waals surface area contributed by atoms with Crippen molar-refractivity contribution in [2.75, 3.05) is 38.5 Å². The van der Waals surface area contributed by atoms with Crippen molar-refractivity contribution < 1.29 is 19.2 Å². The zero-order valence-electron chi connectivity index (χ0n) is 15.5. The topological polar surface area (TPSA) is 83.4 Å². The van der Waals surface area contributed by atoms with E-state index in [2.05, 4.69) is 40.8 Å². The molecule has 0 aliphatic heterocycles. The van der Waals surface area contributed by atoms with Gasteiger partial charge in [0.05, 0.1) is 26.3 Å². The van der Waals surface area contributed by atoms with Crippen molar-refractivity contribution in [1.82, 2.24) is 0 Å². The summed E-state index contributed by atoms with van der Waals surface area (Å²) in [4.78, 5) is 24.3. The minimum absolute atomic E-state index is 0.519. The van der Waals surface area contributed by atoms with Gasteiger partial charge in [0.2, 0.25) is 0 Å². The molecule has 0 saturated carbocycles. The van der Waals surface area contributed by atoms with E-state index >= 15 is 0 Å². The Morgan fingerprint density at radius 1 is 0.909 bits per heavy atom. The zero-order valence-corrected chi connectivity index (χ0v) is 18.5. The highest BCUT2D eigenvalue weighted by molar-refractivity contribution is 7.75. The molecule has 0 saturated heterocycles. The minimum Gasteiger partial charge on any atom is -0.790 e. The maximum absolute atomic E-state index is 8.66. The Labute approximate surface area is 141 Å². The maximum Gasteiger partial charge on any atom is 0.0591 e. The van der Waals surface area contributed by atoms with Gasteiger partial charge in [0.25, 0.3) is 0 Å². The first-order chi connectivity index (χ1) is 10.1. The first-order valence-electron chi connectivity index (χ1n) is 8.42. The van der Waals surface area contributed by atoms with Crippen molar-refractivity contribution in [3.63, 3.8) is 0 Å². The van der Waals surface area contributed by atoms with Crippen molar-refractivity contribution >= 4 is 23.7 Å². The first kappa shape index (κ1) is 27.8. The predicted molar refractivity (Wildman–Crippen MR) is 104 cm³/mol. The van der Waals surface area contributed by atoms with Crippen molar-refractivity contribution in [2.45, 2.75) is 59.3 Å². The van der Waals surface area contributed by atoms with E-state index in [4.69, 9.17) is 19.2 Å². The molecule has 0 atom stereocenters. The Bertz CT molecular complexity index is 227. The summed E-state index contributed by atoms with van der Waals surface area (Å²) in [6, 6.07) is 0. The molecule has 0 aliphatic rings. The summed E-state index contributed by atoms with van der Waals surface area (Å²) in [5.74, 6) is 0. The summed E-state index contributed by atoms with van der Waals surface area (Å²) in [5, 5.41) is 0. The van der Waals surface area contributed by atoms with Crippen LogP contribution in [0.25, 0.3) is 0 Å². The minimum atomic E-state index is -5.14. The van der Waals surface area contributed by atoms with Crippen LogP contribution in [-0.4, -0.2) is 43.4 Å². The van der Waals surface area contributed by atoms with E-state index in [0.29, 0.717) is 0 Å². The highest BCUT2D eigenvalue weighted by atomic mass is 31.2. The van der Waals surface area contributed by atoms with Gasteiger partial charge in [-0.05, 0) is 27.8 Å². The van der Waals surface area contributed by atoms with Gasteiger partial charge in [-0.1, -0.05) is 40.0 Å². The Kier molecular flexibility index (Phi) is 23.1. The quantitative estimate of drug-likeness (QED) is 0.624. The molecular formula is C15H39O4P3. The summed E-state index contributed by atoms with van der Waals surface area (Å²) in [7, 11) is -4.91. The van der Waals surface area contributed by atoms with Gasteiger partial charge in [-0.2, -0.15) is 0 Å². The molecule has 0 rings (SSSR count). The van der Waals surface area contributed by atoms with Crippen LogP contribution in [0.3, 0.4) is 0 Å². The van der Waals surface area contributed by atoms with E-state index < -0.39 is 15.1 Å². The van der Waals surface area contributed by atoms with Crippen LogP contribution < -0.4 is 9.79 Å². The van der Waals surface area contributed by atoms with Crippen LogP contribution >= 0.6 is 23.7 Å². The third kappa shape index (κ3) is 32.8. The van der Waals surface area contributed by atoms with Gasteiger partial charge < -0.3 is 19.2 Å². The second kappa shape index (κ2) is 18.3. The van der Waals surface area contributed by atoms with Gasteiger partial charge in [0.1, 0.15) is 0 Å². The van der Waals surface area contributed by atoms with Crippen molar-refractivity contribution in [1.29, 1.82) is 0 Å². The lowest BCUT2D eigenvalue weighted by Crippen LogP contribution is -2.11. The second-order valence-corrected chi connectivity index (χ2v) is 12.6. The van der Waals surface area contributed by atoms with Gasteiger partial charge in [0.15, 0.2) is 0 Å². The van der Waals surface area contributed by atoms with Gasteiger partial charge in [-0.15, -0.1) is 0 Å². The standard InChI is InChI=1S/C13H30P.C2H7P.H3O4P/c1-5-8-11-14(4,12-9-6-2)13-10-7-3;1-3-2;1-5(2,3)4/h5-13H2,1-4H3;3H,1-2H3;(H3,1,2,3,4)/q+1;;/p-1. The third-order valence-corrected chi connectivity index (χ3v) is 7.34. The average molecular weight is 376 g/mol. The van der Waals surface area contributed by atoms with E-state index in [9.17, 15) is 0 Å². The normalized spacial score (nSPS) is 11.1. The van der Waals surface area contributed by atoms with Crippen molar-refractivity contribution in [2.24, 2.45) is 0 Å². The average Bonchev–Trinajstić information content (AvgIpc) is 2.40. The van der Waals surface area contributed by atoms with Crippen molar-refractivity contribution in [3.05, 3.63) is 0 Å². The molecule has 0 aromatic rings. The summed E-state index contributed by atoms with van der Waals surface area (Å²) in [6.45, 7) is 14.0. The highest BCUT2D eigenvalue weighted by Gasteiger charge is 2.28. The summed E-state index contributed by atoms with van der Waals surface area (Å²) in [6.07, 6.45) is 13.2. The number of phosphoric acid groups is 1. The fourth-order valence-electron chi connectivity index (χ4n) is 1.95. The van der Waals surface area contributed by atoms with Crippen LogP contribution in [0.2, 0.25) is 0 Å². The zero-order chi connectivity index (χ0) is 18.1. The Morgan fingerprint density at radius 2 is 1.09 bits per heavy atom. The summed E-state index contributed by atoms with van der Waals surface area (Å²) in [5.41, 5.74) is 0. The summed E-state index contributed by atoms with van der Waals surface area (Å²) < 4.78 is 8.66. The molecule has 0 bridgehead atoms. The molecule has 0 radical (unpaired) electrons. The van der Waals surface area contributed by atoms with Gasteiger partial charge in [-0.3, -0.25) is 0 Å². The number of hydrogen-bond donors (Lipinski definition) is 1. The second-order valence-electron chi connectivity index (χ2n) is 5.90. The predicted octanol–water partition coefficient (Wildman–Crippen LogP) is 3.50. The molecule has 0 aliphatic carbocycles. The first-order valence-corrected chi connectivity index (χ1v) is 15.0. The lowest BCUT2D eigenvalue weighted by Gasteiger charge is -2.22. The molecule has 0 amide bonds. The Hall–Kier alpha value is 0.970. The van der Waals surface area contributed by atoms with E-state index in [1.165, 1.54) is 38.5 Å². The fraction of sp³-hybridized carbons (Fsp3) is 1.00. The molecule has 4 nitrogen and oxygen atoms in total. The number of unbranched alkanes of at least 4 members (excludes halogenated alkanes) is 3. The van der Waals surface area contributed by atoms with Crippen LogP contribution in [0, 0.1) is 0 Å². The Balaban J connectivity index is -0.000000373. The summed E-state index contributed by atoms with van der Waals surface area (Å²) >= 11 is 0. The molecule has 1 N–H and O–H groups in total. The van der Waals surface area contributed by atoms with Crippen LogP contribution in [0.1, 0.15) is 59.3 Å². The van der Waals surface area contributed by atoms with Gasteiger partial charge >= 0.3 is 0 Å². The SMILES string of the molecule is CCCC[P+](C)(CCCC)CCCC.C[PH2+]C.O=P([O-])([O-])O. The molecule has 22 heavy (non-hydrogen) atoms. The highest BCUT2D eigenvalue weighted by Crippen LogP contribution is 2.57. The van der Waals surface area contributed by atoms with E-state index in [-0.39, 0.29) is 0 Å². The molecule has 7 heteroatoms. The molecule has 0 spiro atoms. The van der Waals surface area contributed by atoms with Crippen LogP contribution in [0.4, 0.5) is 0 Å².